The first-order valence-corrected chi connectivity index (χ1v) is 20.8. The molecule has 2 aliphatic heterocycles. The molecule has 0 radical (unpaired) electrons. The number of piperidine rings is 1. The molecule has 0 aliphatic carbocycles. The van der Waals surface area contributed by atoms with E-state index < -0.39 is 23.8 Å². The highest BCUT2D eigenvalue weighted by Crippen LogP contribution is 2.33. The molecule has 2 aromatic carbocycles. The third-order valence-electron chi connectivity index (χ3n) is 10.0. The lowest BCUT2D eigenvalue weighted by Gasteiger charge is -2.29. The minimum atomic E-state index is -0.855. The van der Waals surface area contributed by atoms with Crippen molar-refractivity contribution in [1.82, 2.24) is 25.5 Å². The van der Waals surface area contributed by atoms with E-state index in [-0.39, 0.29) is 17.0 Å². The number of aromatic nitrogens is 2. The molecule has 17 nitrogen and oxygen atoms in total. The van der Waals surface area contributed by atoms with Gasteiger partial charge in [-0.15, -0.1) is 0 Å². The number of ether oxygens (including phenoxy) is 7. The van der Waals surface area contributed by atoms with Gasteiger partial charge in [-0.1, -0.05) is 24.8 Å². The SMILES string of the molecule is C=C1CCC(N2C(=O)c3cccc(NCCOCCOCCOCCOCCOCCOCCOCCNC(=O)CCc4ccc5c(c4)[nH]c4ccncc45)c3C2=O)C(=O)N1. The van der Waals surface area contributed by atoms with Crippen LogP contribution in [0.5, 0.6) is 0 Å². The zero-order chi connectivity index (χ0) is 42.7. The molecular weight excluding hydrogens is 789 g/mol. The van der Waals surface area contributed by atoms with Crippen LogP contribution in [0, 0.1) is 0 Å². The van der Waals surface area contributed by atoms with Crippen molar-refractivity contribution in [2.75, 3.05) is 111 Å². The lowest BCUT2D eigenvalue weighted by Crippen LogP contribution is -2.51. The Balaban J connectivity index is 0.660. The quantitative estimate of drug-likeness (QED) is 0.0459. The molecule has 2 aromatic heterocycles. The Bertz CT molecular complexity index is 2090. The van der Waals surface area contributed by atoms with Crippen LogP contribution in [0.1, 0.15) is 45.5 Å². The smallest absolute Gasteiger partial charge is 0.264 e. The predicted molar refractivity (Wildman–Crippen MR) is 226 cm³/mol. The Kier molecular flexibility index (Phi) is 18.0. The molecule has 328 valence electrons. The summed E-state index contributed by atoms with van der Waals surface area (Å²) < 4.78 is 38.8. The Labute approximate surface area is 354 Å². The molecule has 1 atom stereocenters. The molecule has 2 aliphatic rings. The first kappa shape index (κ1) is 45.3. The first-order valence-electron chi connectivity index (χ1n) is 20.8. The summed E-state index contributed by atoms with van der Waals surface area (Å²) in [6.07, 6.45) is 5.56. The molecule has 1 fully saturated rings. The van der Waals surface area contributed by atoms with Gasteiger partial charge in [0.05, 0.1) is 104 Å². The number of amides is 4. The third-order valence-corrected chi connectivity index (χ3v) is 10.0. The van der Waals surface area contributed by atoms with Crippen molar-refractivity contribution in [3.63, 3.8) is 0 Å². The average Bonchev–Trinajstić information content (AvgIpc) is 3.76. The molecular formula is C44H56N6O11. The third kappa shape index (κ3) is 13.4. The molecule has 4 amide bonds. The number of H-pyrrole nitrogens is 1. The van der Waals surface area contributed by atoms with Crippen LogP contribution >= 0.6 is 0 Å². The summed E-state index contributed by atoms with van der Waals surface area (Å²) >= 11 is 0. The number of anilines is 1. The zero-order valence-corrected chi connectivity index (χ0v) is 34.5. The second-order valence-corrected chi connectivity index (χ2v) is 14.3. The van der Waals surface area contributed by atoms with Crippen LogP contribution in [0.2, 0.25) is 0 Å². The second-order valence-electron chi connectivity index (χ2n) is 14.3. The fourth-order valence-electron chi connectivity index (χ4n) is 6.98. The second kappa shape index (κ2) is 24.2. The molecule has 4 heterocycles. The van der Waals surface area contributed by atoms with Crippen LogP contribution in [0.3, 0.4) is 0 Å². The van der Waals surface area contributed by atoms with Gasteiger partial charge in [-0.05, 0) is 49.1 Å². The fourth-order valence-corrected chi connectivity index (χ4v) is 6.98. The topological polar surface area (TPSA) is 201 Å². The maximum absolute atomic E-state index is 13.2. The van der Waals surface area contributed by atoms with Crippen LogP contribution in [0.25, 0.3) is 21.8 Å². The van der Waals surface area contributed by atoms with Gasteiger partial charge in [0.2, 0.25) is 11.8 Å². The number of fused-ring (bicyclic) bond motifs is 4. The van der Waals surface area contributed by atoms with E-state index in [1.807, 2.05) is 12.3 Å². The van der Waals surface area contributed by atoms with Crippen molar-refractivity contribution in [2.24, 2.45) is 0 Å². The van der Waals surface area contributed by atoms with E-state index in [0.29, 0.717) is 143 Å². The van der Waals surface area contributed by atoms with E-state index in [9.17, 15) is 19.2 Å². The van der Waals surface area contributed by atoms with Crippen molar-refractivity contribution in [3.8, 4) is 0 Å². The largest absolute Gasteiger partial charge is 0.382 e. The molecule has 4 N–H and O–H groups in total. The number of hydrogen-bond donors (Lipinski definition) is 4. The van der Waals surface area contributed by atoms with E-state index in [0.717, 1.165) is 32.3 Å². The number of benzene rings is 2. The summed E-state index contributed by atoms with van der Waals surface area (Å²) in [5, 5.41) is 10.9. The maximum Gasteiger partial charge on any atom is 0.264 e. The number of allylic oxidation sites excluding steroid dienone is 1. The summed E-state index contributed by atoms with van der Waals surface area (Å²) in [6, 6.07) is 12.4. The van der Waals surface area contributed by atoms with Gasteiger partial charge in [0, 0.05) is 65.1 Å². The summed E-state index contributed by atoms with van der Waals surface area (Å²) in [4.78, 5) is 59.7. The van der Waals surface area contributed by atoms with Crippen molar-refractivity contribution in [3.05, 3.63) is 83.8 Å². The molecule has 6 rings (SSSR count). The number of nitrogens with one attached hydrogen (secondary N) is 4. The highest BCUT2D eigenvalue weighted by atomic mass is 16.6. The monoisotopic (exact) mass is 844 g/mol. The molecule has 0 bridgehead atoms. The zero-order valence-electron chi connectivity index (χ0n) is 34.5. The Morgan fingerprint density at radius 3 is 2.00 bits per heavy atom. The summed E-state index contributed by atoms with van der Waals surface area (Å²) in [7, 11) is 0. The van der Waals surface area contributed by atoms with Crippen LogP contribution < -0.4 is 16.0 Å². The highest BCUT2D eigenvalue weighted by Gasteiger charge is 2.45. The molecule has 61 heavy (non-hydrogen) atoms. The minimum absolute atomic E-state index is 0.00740. The number of carbonyl (C=O) groups excluding carboxylic acids is 4. The Morgan fingerprint density at radius 1 is 0.738 bits per heavy atom. The van der Waals surface area contributed by atoms with E-state index >= 15 is 0 Å². The van der Waals surface area contributed by atoms with E-state index in [2.05, 4.69) is 50.7 Å². The van der Waals surface area contributed by atoms with Crippen LogP contribution in [0.4, 0.5) is 5.69 Å². The summed E-state index contributed by atoms with van der Waals surface area (Å²) in [5.41, 5.74) is 4.85. The maximum atomic E-state index is 13.2. The lowest BCUT2D eigenvalue weighted by atomic mass is 10.0. The predicted octanol–water partition coefficient (Wildman–Crippen LogP) is 3.38. The molecule has 1 unspecified atom stereocenters. The van der Waals surface area contributed by atoms with E-state index in [1.165, 1.54) is 0 Å². The minimum Gasteiger partial charge on any atom is -0.382 e. The number of aromatic amines is 1. The van der Waals surface area contributed by atoms with Crippen LogP contribution in [-0.4, -0.2) is 150 Å². The van der Waals surface area contributed by atoms with Gasteiger partial charge in [0.1, 0.15) is 6.04 Å². The fraction of sp³-hybridized carbons (Fsp3) is 0.477. The van der Waals surface area contributed by atoms with Crippen LogP contribution in [0.15, 0.2) is 67.1 Å². The number of hydrogen-bond acceptors (Lipinski definition) is 13. The number of pyridine rings is 1. The van der Waals surface area contributed by atoms with Gasteiger partial charge in [-0.25, -0.2) is 0 Å². The van der Waals surface area contributed by atoms with Gasteiger partial charge in [0.25, 0.3) is 11.8 Å². The number of nitrogens with zero attached hydrogens (tertiary/aromatic N) is 2. The Hall–Kier alpha value is -5.27. The van der Waals surface area contributed by atoms with Gasteiger partial charge in [-0.2, -0.15) is 0 Å². The highest BCUT2D eigenvalue weighted by molar-refractivity contribution is 6.25. The van der Waals surface area contributed by atoms with Crippen molar-refractivity contribution in [2.45, 2.75) is 31.7 Å². The van der Waals surface area contributed by atoms with E-state index in [1.54, 1.807) is 24.4 Å². The number of imide groups is 1. The van der Waals surface area contributed by atoms with Gasteiger partial charge in [-0.3, -0.25) is 29.1 Å². The molecule has 0 saturated carbocycles. The van der Waals surface area contributed by atoms with Gasteiger partial charge < -0.3 is 54.1 Å². The standard InChI is InChI=1S/C44H56N6O11/c1-31-5-9-39(42(52)48-31)50-43(53)34-3-2-4-37(41(34)44(50)54)46-13-15-55-17-19-57-21-23-59-25-27-61-28-26-60-24-22-58-20-18-56-16-14-47-40(51)10-7-32-6-8-33-35-30-45-12-11-36(35)49-38(33)29-32/h2-4,6,8,11-12,29-30,39,46,49H,1,5,7,9-10,13-28H2,(H,47,51)(H,48,52). The normalized spacial score (nSPS) is 15.2. The molecule has 17 heteroatoms. The number of aryl methyl sites for hydroxylation is 1. The molecule has 4 aromatic rings. The van der Waals surface area contributed by atoms with Crippen molar-refractivity contribution >= 4 is 51.1 Å². The average molecular weight is 845 g/mol. The van der Waals surface area contributed by atoms with Gasteiger partial charge >= 0.3 is 0 Å². The van der Waals surface area contributed by atoms with Crippen molar-refractivity contribution < 1.29 is 52.3 Å². The number of carbonyl (C=O) groups is 4. The summed E-state index contributed by atoms with van der Waals surface area (Å²) in [5.74, 6) is -1.36. The first-order chi connectivity index (χ1) is 29.9. The van der Waals surface area contributed by atoms with Crippen LogP contribution in [-0.2, 0) is 49.2 Å². The number of rotatable bonds is 29. The lowest BCUT2D eigenvalue weighted by molar-refractivity contribution is -0.125. The van der Waals surface area contributed by atoms with E-state index in [4.69, 9.17) is 33.2 Å². The molecule has 0 spiro atoms. The van der Waals surface area contributed by atoms with Gasteiger partial charge in [0.15, 0.2) is 0 Å². The van der Waals surface area contributed by atoms with Crippen molar-refractivity contribution in [1.29, 1.82) is 0 Å². The molecule has 1 saturated heterocycles. The summed E-state index contributed by atoms with van der Waals surface area (Å²) in [6.45, 7) is 10.6. The Morgan fingerprint density at radius 2 is 1.36 bits per heavy atom.